The molecule has 0 fully saturated rings. The Kier molecular flexibility index (Phi) is 6.51. The molecule has 0 aliphatic rings. The highest BCUT2D eigenvalue weighted by Gasteiger charge is 2.05. The summed E-state index contributed by atoms with van der Waals surface area (Å²) in [5, 5.41) is 0. The van der Waals surface area contributed by atoms with Crippen molar-refractivity contribution in [1.82, 2.24) is 0 Å². The van der Waals surface area contributed by atoms with Gasteiger partial charge in [0.05, 0.1) is 8.55 Å². The highest BCUT2D eigenvalue weighted by molar-refractivity contribution is 8.01. The predicted molar refractivity (Wildman–Crippen MR) is 80.4 cm³/mol. The molecule has 0 aliphatic carbocycles. The van der Waals surface area contributed by atoms with Crippen molar-refractivity contribution in [1.29, 1.82) is 0 Å². The maximum absolute atomic E-state index is 5.90. The molecular formula is C12H15ClS3. The van der Waals surface area contributed by atoms with Gasteiger partial charge in [-0.05, 0) is 30.0 Å². The minimum Gasteiger partial charge on any atom is -0.128 e. The lowest BCUT2D eigenvalue weighted by molar-refractivity contribution is 1.50. The van der Waals surface area contributed by atoms with Crippen LogP contribution < -0.4 is 0 Å². The molecule has 0 aliphatic heterocycles. The third-order valence-electron chi connectivity index (χ3n) is 1.68. The van der Waals surface area contributed by atoms with Gasteiger partial charge in [0.15, 0.2) is 0 Å². The van der Waals surface area contributed by atoms with Gasteiger partial charge in [-0.25, -0.2) is 0 Å². The van der Waals surface area contributed by atoms with Crippen molar-refractivity contribution < 1.29 is 0 Å². The zero-order valence-corrected chi connectivity index (χ0v) is 12.8. The summed E-state index contributed by atoms with van der Waals surface area (Å²) in [5.41, 5.74) is 0. The first-order chi connectivity index (χ1) is 7.79. The van der Waals surface area contributed by atoms with E-state index in [1.807, 2.05) is 43.0 Å². The molecule has 0 saturated carbocycles. The smallest absolute Gasteiger partial charge is 0.0935 e. The molecule has 2 rings (SSSR count). The number of rotatable bonds is 3. The summed E-state index contributed by atoms with van der Waals surface area (Å²) in [6.45, 7) is 6.17. The topological polar surface area (TPSA) is 0 Å². The van der Waals surface area contributed by atoms with Gasteiger partial charge in [-0.3, -0.25) is 0 Å². The lowest BCUT2D eigenvalue weighted by Crippen LogP contribution is -1.60. The van der Waals surface area contributed by atoms with Gasteiger partial charge in [0.2, 0.25) is 0 Å². The molecule has 0 unspecified atom stereocenters. The van der Waals surface area contributed by atoms with Crippen LogP contribution in [0.5, 0.6) is 0 Å². The second-order valence-corrected chi connectivity index (χ2v) is 7.02. The van der Waals surface area contributed by atoms with Crippen LogP contribution in [0.1, 0.15) is 20.8 Å². The molecule has 0 bridgehead atoms. The summed E-state index contributed by atoms with van der Waals surface area (Å²) >= 11 is 11.3. The summed E-state index contributed by atoms with van der Waals surface area (Å²) in [6.07, 6.45) is 0. The third-order valence-corrected chi connectivity index (χ3v) is 5.30. The van der Waals surface area contributed by atoms with E-state index in [4.69, 9.17) is 11.6 Å². The van der Waals surface area contributed by atoms with Crippen LogP contribution in [-0.4, -0.2) is 5.75 Å². The van der Waals surface area contributed by atoms with E-state index >= 15 is 0 Å². The maximum Gasteiger partial charge on any atom is 0.0935 e. The van der Waals surface area contributed by atoms with Gasteiger partial charge in [0.25, 0.3) is 0 Å². The minimum atomic E-state index is 0.859. The summed E-state index contributed by atoms with van der Waals surface area (Å²) < 4.78 is 2.24. The van der Waals surface area contributed by atoms with E-state index in [-0.39, 0.29) is 0 Å². The van der Waals surface area contributed by atoms with E-state index < -0.39 is 0 Å². The Labute approximate surface area is 115 Å². The first-order valence-electron chi connectivity index (χ1n) is 5.28. The van der Waals surface area contributed by atoms with Crippen LogP contribution >= 0.6 is 46.0 Å². The molecule has 0 amide bonds. The van der Waals surface area contributed by atoms with Gasteiger partial charge in [0, 0.05) is 9.75 Å². The molecule has 4 heteroatoms. The largest absolute Gasteiger partial charge is 0.128 e. The Bertz CT molecular complexity index is 417. The molecule has 0 aromatic carbocycles. The number of hydrogen-bond donors (Lipinski definition) is 0. The zero-order valence-electron chi connectivity index (χ0n) is 9.62. The van der Waals surface area contributed by atoms with Crippen LogP contribution in [0.3, 0.4) is 0 Å². The van der Waals surface area contributed by atoms with Crippen molar-refractivity contribution in [2.45, 2.75) is 25.0 Å². The fourth-order valence-corrected chi connectivity index (χ4v) is 4.30. The van der Waals surface area contributed by atoms with Crippen molar-refractivity contribution in [2.75, 3.05) is 5.75 Å². The number of hydrogen-bond acceptors (Lipinski definition) is 3. The number of thiophene rings is 2. The molecule has 0 spiro atoms. The minimum absolute atomic E-state index is 0.859. The van der Waals surface area contributed by atoms with E-state index in [1.165, 1.54) is 14.0 Å². The van der Waals surface area contributed by atoms with Crippen LogP contribution in [0, 0.1) is 0 Å². The van der Waals surface area contributed by atoms with Gasteiger partial charge in [-0.15, -0.1) is 34.4 Å². The van der Waals surface area contributed by atoms with E-state index in [1.54, 1.807) is 11.3 Å². The van der Waals surface area contributed by atoms with Gasteiger partial charge in [-0.1, -0.05) is 32.4 Å². The van der Waals surface area contributed by atoms with Crippen molar-refractivity contribution >= 4 is 46.0 Å². The number of thioether (sulfide) groups is 1. The second-order valence-electron chi connectivity index (χ2n) is 2.66. The Morgan fingerprint density at radius 1 is 1.06 bits per heavy atom. The molecule has 0 saturated heterocycles. The fraction of sp³-hybridized carbons (Fsp3) is 0.333. The molecule has 2 aromatic heterocycles. The van der Waals surface area contributed by atoms with Gasteiger partial charge in [-0.2, -0.15) is 0 Å². The third kappa shape index (κ3) is 3.81. The Hall–Kier alpha value is 0.0400. The predicted octanol–water partition coefficient (Wildman–Crippen LogP) is 6.27. The van der Waals surface area contributed by atoms with Crippen LogP contribution in [0.15, 0.2) is 28.5 Å². The molecular weight excluding hydrogens is 276 g/mol. The summed E-state index contributed by atoms with van der Waals surface area (Å²) in [6, 6.07) is 8.39. The second kappa shape index (κ2) is 7.38. The molecule has 2 aromatic rings. The van der Waals surface area contributed by atoms with Crippen LogP contribution in [0.4, 0.5) is 0 Å². The molecule has 16 heavy (non-hydrogen) atoms. The highest BCUT2D eigenvalue weighted by Crippen LogP contribution is 2.38. The standard InChI is InChI=1S/C10H9ClS3.C2H6/c1-2-12-10-6-4-8(14-10)7-3-5-9(11)13-7;1-2/h3-6H,2H2,1H3;1-2H3. The monoisotopic (exact) mass is 290 g/mol. The Morgan fingerprint density at radius 3 is 2.25 bits per heavy atom. The van der Waals surface area contributed by atoms with Crippen LogP contribution in [0.25, 0.3) is 9.75 Å². The van der Waals surface area contributed by atoms with E-state index in [0.717, 1.165) is 10.1 Å². The normalized spacial score (nSPS) is 9.75. The first kappa shape index (κ1) is 14.1. The SMILES string of the molecule is CC.CCSc1ccc(-c2ccc(Cl)s2)s1. The van der Waals surface area contributed by atoms with E-state index in [9.17, 15) is 0 Å². The Morgan fingerprint density at radius 2 is 1.69 bits per heavy atom. The van der Waals surface area contributed by atoms with Crippen molar-refractivity contribution in [3.63, 3.8) is 0 Å². The summed E-state index contributed by atoms with van der Waals surface area (Å²) in [5.74, 6) is 1.13. The first-order valence-corrected chi connectivity index (χ1v) is 8.27. The molecule has 0 radical (unpaired) electrons. The number of halogens is 1. The lowest BCUT2D eigenvalue weighted by atomic mass is 10.4. The van der Waals surface area contributed by atoms with Gasteiger partial charge >= 0.3 is 0 Å². The average Bonchev–Trinajstić information content (AvgIpc) is 2.91. The molecule has 0 nitrogen and oxygen atoms in total. The molecule has 2 heterocycles. The zero-order chi connectivity index (χ0) is 12.0. The van der Waals surface area contributed by atoms with Crippen LogP contribution in [-0.2, 0) is 0 Å². The average molecular weight is 291 g/mol. The van der Waals surface area contributed by atoms with Gasteiger partial charge < -0.3 is 0 Å². The fourth-order valence-electron chi connectivity index (χ4n) is 1.12. The molecule has 0 N–H and O–H groups in total. The molecule has 0 atom stereocenters. The summed E-state index contributed by atoms with van der Waals surface area (Å²) in [7, 11) is 0. The maximum atomic E-state index is 5.90. The van der Waals surface area contributed by atoms with E-state index in [2.05, 4.69) is 25.1 Å². The highest BCUT2D eigenvalue weighted by atomic mass is 35.5. The summed E-state index contributed by atoms with van der Waals surface area (Å²) in [4.78, 5) is 2.58. The van der Waals surface area contributed by atoms with Crippen LogP contribution in [0.2, 0.25) is 4.34 Å². The van der Waals surface area contributed by atoms with Gasteiger partial charge in [0.1, 0.15) is 0 Å². The molecule has 88 valence electrons. The quantitative estimate of drug-likeness (QED) is 0.600. The van der Waals surface area contributed by atoms with Crippen molar-refractivity contribution in [3.8, 4) is 9.75 Å². The van der Waals surface area contributed by atoms with E-state index in [0.29, 0.717) is 0 Å². The van der Waals surface area contributed by atoms with Crippen molar-refractivity contribution in [2.24, 2.45) is 0 Å². The van der Waals surface area contributed by atoms with Crippen molar-refractivity contribution in [3.05, 3.63) is 28.6 Å². The Balaban J connectivity index is 0.000000606. The lowest BCUT2D eigenvalue weighted by Gasteiger charge is -1.90.